The summed E-state index contributed by atoms with van der Waals surface area (Å²) in [6, 6.07) is 6.13. The third-order valence-electron chi connectivity index (χ3n) is 2.07. The number of hydrogen-bond donors (Lipinski definition) is 1. The van der Waals surface area contributed by atoms with Gasteiger partial charge in [-0.15, -0.1) is 35.6 Å². The summed E-state index contributed by atoms with van der Waals surface area (Å²) in [5.74, 6) is 0.329. The van der Waals surface area contributed by atoms with E-state index in [0.717, 1.165) is 20.5 Å². The quantitative estimate of drug-likeness (QED) is 0.594. The van der Waals surface area contributed by atoms with Gasteiger partial charge in [-0.2, -0.15) is 5.26 Å². The van der Waals surface area contributed by atoms with E-state index in [1.807, 2.05) is 17.5 Å². The maximum atomic E-state index is 9.05. The molecule has 0 aliphatic rings. The number of thiol groups is 1. The zero-order chi connectivity index (χ0) is 10.1. The fourth-order valence-electron chi connectivity index (χ4n) is 1.39. The highest BCUT2D eigenvalue weighted by Crippen LogP contribution is 2.32. The topological polar surface area (TPSA) is 23.8 Å². The first kappa shape index (κ1) is 9.85. The number of fused-ring (bicyclic) bond motifs is 1. The molecule has 1 aromatic carbocycles. The van der Waals surface area contributed by atoms with Crippen LogP contribution in [-0.4, -0.2) is 0 Å². The van der Waals surface area contributed by atoms with Gasteiger partial charge in [-0.25, -0.2) is 0 Å². The van der Waals surface area contributed by atoms with Crippen molar-refractivity contribution in [3.8, 4) is 6.07 Å². The lowest BCUT2D eigenvalue weighted by Crippen LogP contribution is -1.88. The Morgan fingerprint density at radius 2 is 2.36 bits per heavy atom. The number of rotatable bonds is 1. The summed E-state index contributed by atoms with van der Waals surface area (Å²) in [5, 5.41) is 12.1. The third kappa shape index (κ3) is 1.40. The molecule has 1 heterocycles. The van der Waals surface area contributed by atoms with Crippen LogP contribution in [0.25, 0.3) is 10.1 Å². The van der Waals surface area contributed by atoms with Gasteiger partial charge in [-0.3, -0.25) is 0 Å². The van der Waals surface area contributed by atoms with Crippen LogP contribution in [0.1, 0.15) is 11.1 Å². The molecule has 0 saturated carbocycles. The Bertz CT molecular complexity index is 525. The molecule has 0 aliphatic carbocycles. The van der Waals surface area contributed by atoms with Crippen molar-refractivity contribution in [2.75, 3.05) is 0 Å². The fourth-order valence-corrected chi connectivity index (χ4v) is 2.99. The van der Waals surface area contributed by atoms with E-state index in [-0.39, 0.29) is 0 Å². The Kier molecular flexibility index (Phi) is 2.69. The van der Waals surface area contributed by atoms with Gasteiger partial charge in [0.15, 0.2) is 0 Å². The van der Waals surface area contributed by atoms with Crippen molar-refractivity contribution >= 4 is 45.7 Å². The smallest absolute Gasteiger partial charge is 0.101 e. The van der Waals surface area contributed by atoms with E-state index in [9.17, 15) is 0 Å². The lowest BCUT2D eigenvalue weighted by atomic mass is 10.1. The Labute approximate surface area is 96.3 Å². The van der Waals surface area contributed by atoms with Crippen LogP contribution >= 0.6 is 35.6 Å². The number of thiophene rings is 1. The second-order valence-electron chi connectivity index (χ2n) is 2.83. The van der Waals surface area contributed by atoms with Gasteiger partial charge in [-0.1, -0.05) is 0 Å². The van der Waals surface area contributed by atoms with E-state index < -0.39 is 0 Å². The monoisotopic (exact) mass is 239 g/mol. The molecule has 1 nitrogen and oxygen atoms in total. The van der Waals surface area contributed by atoms with Gasteiger partial charge >= 0.3 is 0 Å². The van der Waals surface area contributed by atoms with E-state index in [2.05, 4.69) is 18.7 Å². The largest absolute Gasteiger partial charge is 0.192 e. The van der Waals surface area contributed by atoms with E-state index in [4.69, 9.17) is 16.9 Å². The first-order chi connectivity index (χ1) is 6.77. The summed E-state index contributed by atoms with van der Waals surface area (Å²) >= 11 is 11.7. The minimum atomic E-state index is 0.329. The number of alkyl halides is 1. The summed E-state index contributed by atoms with van der Waals surface area (Å²) < 4.78 is 1.00. The van der Waals surface area contributed by atoms with E-state index in [1.165, 1.54) is 0 Å². The minimum absolute atomic E-state index is 0.329. The van der Waals surface area contributed by atoms with Crippen LogP contribution in [0, 0.1) is 11.3 Å². The number of nitrogens with zero attached hydrogens (tertiary/aromatic N) is 1. The molecule has 1 aromatic heterocycles. The number of benzene rings is 1. The summed E-state index contributed by atoms with van der Waals surface area (Å²) in [4.78, 5) is 0.794. The van der Waals surface area contributed by atoms with Crippen molar-refractivity contribution in [3.63, 3.8) is 0 Å². The van der Waals surface area contributed by atoms with E-state index in [1.54, 1.807) is 11.3 Å². The van der Waals surface area contributed by atoms with Crippen molar-refractivity contribution in [1.29, 1.82) is 5.26 Å². The summed E-state index contributed by atoms with van der Waals surface area (Å²) in [5.41, 5.74) is 1.49. The normalized spacial score (nSPS) is 10.4. The van der Waals surface area contributed by atoms with Crippen LogP contribution in [-0.2, 0) is 5.88 Å². The molecule has 0 fully saturated rings. The van der Waals surface area contributed by atoms with Crippen molar-refractivity contribution < 1.29 is 0 Å². The number of halogens is 1. The highest BCUT2D eigenvalue weighted by atomic mass is 35.5. The number of hydrogen-bond acceptors (Lipinski definition) is 3. The predicted molar refractivity (Wildman–Crippen MR) is 63.3 cm³/mol. The van der Waals surface area contributed by atoms with Crippen LogP contribution in [0.3, 0.4) is 0 Å². The van der Waals surface area contributed by atoms with Crippen molar-refractivity contribution in [1.82, 2.24) is 0 Å². The molecule has 0 spiro atoms. The standard InChI is InChI=1S/C10H6ClNS2/c11-4-7-8(5-12)10-6(1-2-14-10)3-9(7)13/h1-3,13H,4H2. The molecule has 2 rings (SSSR count). The molecule has 70 valence electrons. The highest BCUT2D eigenvalue weighted by Gasteiger charge is 2.11. The molecule has 0 amide bonds. The third-order valence-corrected chi connectivity index (χ3v) is 3.69. The van der Waals surface area contributed by atoms with E-state index in [0.29, 0.717) is 11.4 Å². The van der Waals surface area contributed by atoms with Crippen molar-refractivity contribution in [2.45, 2.75) is 10.8 Å². The van der Waals surface area contributed by atoms with Gasteiger partial charge < -0.3 is 0 Å². The molecular formula is C10H6ClNS2. The molecule has 0 atom stereocenters. The zero-order valence-corrected chi connectivity index (χ0v) is 9.59. The molecular weight excluding hydrogens is 234 g/mol. The van der Waals surface area contributed by atoms with Crippen LogP contribution in [0.5, 0.6) is 0 Å². The molecule has 4 heteroatoms. The van der Waals surface area contributed by atoms with Gasteiger partial charge in [0.1, 0.15) is 6.07 Å². The minimum Gasteiger partial charge on any atom is -0.192 e. The Hall–Kier alpha value is -0.690. The average molecular weight is 240 g/mol. The molecule has 0 saturated heterocycles. The highest BCUT2D eigenvalue weighted by molar-refractivity contribution is 7.80. The molecule has 2 aromatic rings. The maximum absolute atomic E-state index is 9.05. The average Bonchev–Trinajstić information content (AvgIpc) is 2.62. The Balaban J connectivity index is 2.91. The summed E-state index contributed by atoms with van der Waals surface area (Å²) in [6.45, 7) is 0. The zero-order valence-electron chi connectivity index (χ0n) is 7.12. The van der Waals surface area contributed by atoms with Crippen LogP contribution in [0.2, 0.25) is 0 Å². The van der Waals surface area contributed by atoms with Crippen molar-refractivity contribution in [3.05, 3.63) is 28.6 Å². The maximum Gasteiger partial charge on any atom is 0.101 e. The molecule has 0 bridgehead atoms. The lowest BCUT2D eigenvalue weighted by molar-refractivity contribution is 1.27. The second kappa shape index (κ2) is 3.82. The molecule has 14 heavy (non-hydrogen) atoms. The van der Waals surface area contributed by atoms with Crippen LogP contribution < -0.4 is 0 Å². The SMILES string of the molecule is N#Cc1c(CCl)c(S)cc2ccsc12. The van der Waals surface area contributed by atoms with Crippen LogP contribution in [0.4, 0.5) is 0 Å². The van der Waals surface area contributed by atoms with Crippen molar-refractivity contribution in [2.24, 2.45) is 0 Å². The fraction of sp³-hybridized carbons (Fsp3) is 0.100. The summed E-state index contributed by atoms with van der Waals surface area (Å²) in [6.07, 6.45) is 0. The van der Waals surface area contributed by atoms with Gasteiger partial charge in [0.05, 0.1) is 10.3 Å². The van der Waals surface area contributed by atoms with Gasteiger partial charge in [0, 0.05) is 10.8 Å². The van der Waals surface area contributed by atoms with Crippen LogP contribution in [0.15, 0.2) is 22.4 Å². The molecule has 0 radical (unpaired) electrons. The first-order valence-corrected chi connectivity index (χ1v) is 5.82. The van der Waals surface area contributed by atoms with Gasteiger partial charge in [-0.05, 0) is 28.5 Å². The predicted octanol–water partition coefficient (Wildman–Crippen LogP) is 3.80. The second-order valence-corrected chi connectivity index (χ2v) is 4.50. The molecule has 0 unspecified atom stereocenters. The Morgan fingerprint density at radius 1 is 1.57 bits per heavy atom. The van der Waals surface area contributed by atoms with Gasteiger partial charge in [0.25, 0.3) is 0 Å². The molecule has 0 N–H and O–H groups in total. The number of nitriles is 1. The summed E-state index contributed by atoms with van der Waals surface area (Å²) in [7, 11) is 0. The van der Waals surface area contributed by atoms with Gasteiger partial charge in [0.2, 0.25) is 0 Å². The van der Waals surface area contributed by atoms with E-state index >= 15 is 0 Å². The first-order valence-electron chi connectivity index (χ1n) is 3.96. The lowest BCUT2D eigenvalue weighted by Gasteiger charge is -2.04. The molecule has 0 aliphatic heterocycles. The Morgan fingerprint density at radius 3 is 3.00 bits per heavy atom.